The number of carbonyl (C=O) groups excluding carboxylic acids is 1. The molecule has 1 aromatic carbocycles. The molecule has 1 saturated carbocycles. The molecule has 1 spiro atoms. The molecule has 6 rings (SSSR count). The first-order valence-electron chi connectivity index (χ1n) is 13.4. The molecule has 2 aromatic rings. The third kappa shape index (κ3) is 3.43. The van der Waals surface area contributed by atoms with E-state index in [1.54, 1.807) is 30.7 Å². The van der Waals surface area contributed by atoms with E-state index in [0.29, 0.717) is 38.0 Å². The Morgan fingerprint density at radius 1 is 1.32 bits per heavy atom. The first-order valence-corrected chi connectivity index (χ1v) is 13.4. The van der Waals surface area contributed by atoms with Crippen molar-refractivity contribution in [1.82, 2.24) is 9.80 Å². The second-order valence-corrected chi connectivity index (χ2v) is 11.5. The fraction of sp³-hybridized carbons (Fsp3) is 0.500. The third-order valence-corrected chi connectivity index (χ3v) is 9.11. The number of amides is 1. The maximum atomic E-state index is 13.7. The highest BCUT2D eigenvalue weighted by atomic mass is 16.5. The molecule has 2 aliphatic heterocycles. The van der Waals surface area contributed by atoms with Crippen LogP contribution in [0, 0.1) is 5.92 Å². The number of rotatable bonds is 7. The highest BCUT2D eigenvalue weighted by Crippen LogP contribution is 2.65. The van der Waals surface area contributed by atoms with Crippen molar-refractivity contribution in [3.63, 3.8) is 0 Å². The molecular formula is C30H36N2O5. The number of nitrogens with zero attached hydrogens (tertiary/aromatic N) is 2. The van der Waals surface area contributed by atoms with E-state index in [1.807, 2.05) is 23.1 Å². The number of phenolic OH excluding ortho intramolecular Hbond substituents is 1. The average molecular weight is 505 g/mol. The molecule has 1 saturated heterocycles. The van der Waals surface area contributed by atoms with E-state index in [-0.39, 0.29) is 29.7 Å². The Morgan fingerprint density at radius 2 is 2.16 bits per heavy atom. The largest absolute Gasteiger partial charge is 0.504 e. The van der Waals surface area contributed by atoms with Crippen LogP contribution >= 0.6 is 0 Å². The van der Waals surface area contributed by atoms with Crippen LogP contribution in [-0.4, -0.2) is 69.3 Å². The van der Waals surface area contributed by atoms with Gasteiger partial charge in [-0.25, -0.2) is 0 Å². The lowest BCUT2D eigenvalue weighted by Crippen LogP contribution is -2.78. The number of ether oxygens (including phenoxy) is 1. The minimum Gasteiger partial charge on any atom is -0.504 e. The zero-order valence-corrected chi connectivity index (χ0v) is 21.6. The lowest BCUT2D eigenvalue weighted by molar-refractivity contribution is -0.199. The molecule has 2 aliphatic carbocycles. The third-order valence-electron chi connectivity index (χ3n) is 9.11. The van der Waals surface area contributed by atoms with Crippen LogP contribution in [0.25, 0.3) is 6.08 Å². The van der Waals surface area contributed by atoms with Gasteiger partial charge in [0.05, 0.1) is 29.6 Å². The van der Waals surface area contributed by atoms with Crippen molar-refractivity contribution in [2.75, 3.05) is 19.6 Å². The van der Waals surface area contributed by atoms with Gasteiger partial charge < -0.3 is 24.3 Å². The first-order chi connectivity index (χ1) is 17.8. The smallest absolute Gasteiger partial charge is 0.246 e. The molecule has 4 aliphatic rings. The van der Waals surface area contributed by atoms with Crippen LogP contribution < -0.4 is 4.74 Å². The Balaban J connectivity index is 1.44. The number of aliphatic hydroxyl groups is 1. The molecular weight excluding hydrogens is 468 g/mol. The Hall–Kier alpha value is -3.03. The summed E-state index contributed by atoms with van der Waals surface area (Å²) in [5, 5.41) is 23.4. The molecule has 5 atom stereocenters. The minimum absolute atomic E-state index is 0.0653. The summed E-state index contributed by atoms with van der Waals surface area (Å²) in [5.74, 6) is 0.777. The van der Waals surface area contributed by atoms with E-state index in [0.717, 1.165) is 29.8 Å². The molecule has 196 valence electrons. The summed E-state index contributed by atoms with van der Waals surface area (Å²) < 4.78 is 11.8. The van der Waals surface area contributed by atoms with Crippen molar-refractivity contribution in [3.05, 3.63) is 66.1 Å². The van der Waals surface area contributed by atoms with Gasteiger partial charge >= 0.3 is 0 Å². The maximum Gasteiger partial charge on any atom is 0.246 e. The highest BCUT2D eigenvalue weighted by Gasteiger charge is 2.73. The molecule has 0 unspecified atom stereocenters. The number of furan rings is 1. The second kappa shape index (κ2) is 8.77. The van der Waals surface area contributed by atoms with Crippen molar-refractivity contribution in [3.8, 4) is 11.5 Å². The number of phenols is 1. The van der Waals surface area contributed by atoms with Gasteiger partial charge in [0, 0.05) is 36.3 Å². The van der Waals surface area contributed by atoms with Gasteiger partial charge in [0.15, 0.2) is 11.5 Å². The van der Waals surface area contributed by atoms with Crippen LogP contribution in [0.15, 0.2) is 53.9 Å². The van der Waals surface area contributed by atoms with Gasteiger partial charge in [0.25, 0.3) is 0 Å². The summed E-state index contributed by atoms with van der Waals surface area (Å²) >= 11 is 0. The molecule has 2 bridgehead atoms. The van der Waals surface area contributed by atoms with Crippen LogP contribution in [0.2, 0.25) is 0 Å². The topological polar surface area (TPSA) is 86.4 Å². The Labute approximate surface area is 218 Å². The predicted octanol–water partition coefficient (Wildman–Crippen LogP) is 3.89. The van der Waals surface area contributed by atoms with Crippen molar-refractivity contribution in [2.45, 2.75) is 68.7 Å². The van der Waals surface area contributed by atoms with Crippen LogP contribution in [-0.2, 0) is 16.6 Å². The number of carbonyl (C=O) groups is 1. The summed E-state index contributed by atoms with van der Waals surface area (Å²) in [4.78, 5) is 17.9. The lowest BCUT2D eigenvalue weighted by Gasteiger charge is -2.64. The van der Waals surface area contributed by atoms with E-state index < -0.39 is 17.1 Å². The maximum absolute atomic E-state index is 13.7. The number of likely N-dealkylation sites (tertiary alicyclic amines) is 1. The molecule has 2 fully saturated rings. The number of hydrogen-bond donors (Lipinski definition) is 2. The van der Waals surface area contributed by atoms with Crippen LogP contribution in [0.3, 0.4) is 0 Å². The Bertz CT molecular complexity index is 1240. The molecule has 1 aromatic heterocycles. The van der Waals surface area contributed by atoms with Gasteiger partial charge in [0.1, 0.15) is 6.10 Å². The van der Waals surface area contributed by atoms with E-state index in [4.69, 9.17) is 9.15 Å². The number of benzene rings is 1. The van der Waals surface area contributed by atoms with E-state index in [9.17, 15) is 15.0 Å². The molecule has 37 heavy (non-hydrogen) atoms. The molecule has 3 heterocycles. The van der Waals surface area contributed by atoms with Crippen molar-refractivity contribution in [1.29, 1.82) is 0 Å². The fourth-order valence-electron chi connectivity index (χ4n) is 7.72. The SMILES string of the molecule is C=CCN1CC[C@]23c4c5ccc(O)c4O[C@H]2[C@H](N(CC(C)C)C(=O)/C=C/c2ccoc2)CC[C@@]3(O)[C@H]1C5. The summed E-state index contributed by atoms with van der Waals surface area (Å²) in [6.45, 7) is 10.3. The van der Waals surface area contributed by atoms with Crippen molar-refractivity contribution >= 4 is 12.0 Å². The van der Waals surface area contributed by atoms with Gasteiger partial charge in [-0.05, 0) is 61.9 Å². The van der Waals surface area contributed by atoms with E-state index in [1.165, 1.54) is 0 Å². The van der Waals surface area contributed by atoms with Crippen molar-refractivity contribution in [2.24, 2.45) is 5.92 Å². The Kier molecular flexibility index (Phi) is 5.77. The Morgan fingerprint density at radius 3 is 2.89 bits per heavy atom. The first kappa shape index (κ1) is 24.3. The number of aromatic hydroxyl groups is 1. The van der Waals surface area contributed by atoms with Gasteiger partial charge in [-0.3, -0.25) is 9.69 Å². The van der Waals surface area contributed by atoms with Crippen LogP contribution in [0.1, 0.15) is 49.8 Å². The standard InChI is InChI=1S/C30H36N2O5/c1-4-13-31-14-12-29-26-21-6-7-23(33)27(26)37-28(29)22(9-11-30(29,35)24(31)16-21)32(17-19(2)3)25(34)8-5-20-10-15-36-18-20/h4-8,10,15,18-19,22,24,28,33,35H,1,9,11-14,16-17H2,2-3H3/b8-5+/t22-,24-,28+,29+,30-/m1/s1. The van der Waals surface area contributed by atoms with Crippen LogP contribution in [0.5, 0.6) is 11.5 Å². The summed E-state index contributed by atoms with van der Waals surface area (Å²) in [7, 11) is 0. The van der Waals surface area contributed by atoms with E-state index >= 15 is 0 Å². The normalized spacial score (nSPS) is 31.8. The quantitative estimate of drug-likeness (QED) is 0.440. The fourth-order valence-corrected chi connectivity index (χ4v) is 7.72. The van der Waals surface area contributed by atoms with Crippen molar-refractivity contribution < 1.29 is 24.2 Å². The number of piperidine rings is 1. The zero-order chi connectivity index (χ0) is 25.9. The number of hydrogen-bond acceptors (Lipinski definition) is 6. The van der Waals surface area contributed by atoms with Gasteiger partial charge in [0.2, 0.25) is 5.91 Å². The predicted molar refractivity (Wildman–Crippen MR) is 140 cm³/mol. The molecule has 1 amide bonds. The van der Waals surface area contributed by atoms with Gasteiger partial charge in [-0.15, -0.1) is 6.58 Å². The minimum atomic E-state index is -1.01. The zero-order valence-electron chi connectivity index (χ0n) is 21.6. The molecule has 7 heteroatoms. The van der Waals surface area contributed by atoms with E-state index in [2.05, 4.69) is 25.3 Å². The molecule has 0 radical (unpaired) electrons. The average Bonchev–Trinajstić information content (AvgIpc) is 3.50. The molecule has 2 N–H and O–H groups in total. The molecule has 7 nitrogen and oxygen atoms in total. The summed E-state index contributed by atoms with van der Waals surface area (Å²) in [6.07, 6.45) is 10.6. The van der Waals surface area contributed by atoms with Gasteiger partial charge in [-0.2, -0.15) is 0 Å². The van der Waals surface area contributed by atoms with Crippen LogP contribution in [0.4, 0.5) is 0 Å². The summed E-state index contributed by atoms with van der Waals surface area (Å²) in [5.41, 5.74) is 1.23. The summed E-state index contributed by atoms with van der Waals surface area (Å²) in [6, 6.07) is 5.22. The highest BCUT2D eigenvalue weighted by molar-refractivity contribution is 5.92. The lowest BCUT2D eigenvalue weighted by atomic mass is 9.48. The second-order valence-electron chi connectivity index (χ2n) is 11.5. The monoisotopic (exact) mass is 504 g/mol. The van der Waals surface area contributed by atoms with Gasteiger partial charge in [-0.1, -0.05) is 26.0 Å².